The lowest BCUT2D eigenvalue weighted by Gasteiger charge is -2.29. The van der Waals surface area contributed by atoms with Crippen LogP contribution in [0.25, 0.3) is 11.0 Å². The van der Waals surface area contributed by atoms with Crippen LogP contribution in [0.2, 0.25) is 0 Å². The Bertz CT molecular complexity index is 895. The van der Waals surface area contributed by atoms with E-state index in [2.05, 4.69) is 15.0 Å². The van der Waals surface area contributed by atoms with Gasteiger partial charge < -0.3 is 25.8 Å². The fourth-order valence-electron chi connectivity index (χ4n) is 2.88. The molecule has 2 aromatic heterocycles. The van der Waals surface area contributed by atoms with E-state index in [0.29, 0.717) is 0 Å². The number of imidazole rings is 1. The van der Waals surface area contributed by atoms with Gasteiger partial charge in [-0.15, -0.1) is 0 Å². The highest BCUT2D eigenvalue weighted by atomic mass is 16.5. The lowest BCUT2D eigenvalue weighted by atomic mass is 9.81. The molecule has 3 heterocycles. The first-order chi connectivity index (χ1) is 11.3. The highest BCUT2D eigenvalue weighted by Crippen LogP contribution is 2.43. The molecule has 6 N–H and O–H groups in total. The lowest BCUT2D eigenvalue weighted by molar-refractivity contribution is -0.0537. The number of aliphatic hydroxyl groups excluding tert-OH is 3. The number of ether oxygens (including phenoxy) is 1. The minimum Gasteiger partial charge on any atom is -0.396 e. The van der Waals surface area contributed by atoms with E-state index in [1.165, 1.54) is 4.57 Å². The number of aromatic nitrogens is 4. The van der Waals surface area contributed by atoms with Gasteiger partial charge in [0.2, 0.25) is 5.95 Å². The summed E-state index contributed by atoms with van der Waals surface area (Å²) in [5.74, 6) is -0.365. The molecule has 0 aromatic carbocycles. The smallest absolute Gasteiger partial charge is 0.301 e. The van der Waals surface area contributed by atoms with Gasteiger partial charge >= 0.3 is 5.56 Å². The molecule has 0 aliphatic carbocycles. The number of nitrogen functional groups attached to an aromatic ring is 1. The molecule has 1 aliphatic rings. The maximum Gasteiger partial charge on any atom is 0.301 e. The number of H-pyrrole nitrogens is 1. The van der Waals surface area contributed by atoms with E-state index in [4.69, 9.17) is 10.5 Å². The van der Waals surface area contributed by atoms with Gasteiger partial charge in [0.15, 0.2) is 11.7 Å². The summed E-state index contributed by atoms with van der Waals surface area (Å²) in [4.78, 5) is 33.8. The lowest BCUT2D eigenvalue weighted by Crippen LogP contribution is -2.42. The molecule has 1 saturated heterocycles. The molecule has 1 aliphatic heterocycles. The van der Waals surface area contributed by atoms with Gasteiger partial charge in [0.25, 0.3) is 5.56 Å². The number of hydrogen-bond acceptors (Lipinski definition) is 9. The topological polar surface area (TPSA) is 177 Å². The zero-order valence-electron chi connectivity index (χ0n) is 12.7. The molecule has 130 valence electrons. The van der Waals surface area contributed by atoms with Crippen molar-refractivity contribution in [3.8, 4) is 0 Å². The zero-order valence-corrected chi connectivity index (χ0v) is 12.7. The number of fused-ring (bicyclic) bond motifs is 1. The minimum absolute atomic E-state index is 0.174. The zero-order chi connectivity index (χ0) is 17.6. The number of nitrogens with zero attached hydrogens (tertiary/aromatic N) is 3. The first kappa shape index (κ1) is 16.5. The van der Waals surface area contributed by atoms with Crippen LogP contribution >= 0.6 is 0 Å². The third-order valence-electron chi connectivity index (χ3n) is 4.44. The number of anilines is 1. The van der Waals surface area contributed by atoms with Crippen LogP contribution in [0.4, 0.5) is 5.95 Å². The van der Waals surface area contributed by atoms with Crippen molar-refractivity contribution in [2.45, 2.75) is 25.4 Å². The summed E-state index contributed by atoms with van der Waals surface area (Å²) >= 11 is 0. The fraction of sp³-hybridized carbons (Fsp3) is 0.538. The van der Waals surface area contributed by atoms with Crippen LogP contribution in [-0.2, 0) is 4.74 Å². The Balaban J connectivity index is 2.22. The molecule has 0 unspecified atom stereocenters. The van der Waals surface area contributed by atoms with Gasteiger partial charge in [-0.25, -0.2) is 4.98 Å². The number of nitrogens with two attached hydrogens (primary N) is 1. The molecule has 4 atom stereocenters. The summed E-state index contributed by atoms with van der Waals surface area (Å²) in [7, 11) is 0. The summed E-state index contributed by atoms with van der Waals surface area (Å²) in [6.45, 7) is 0.650. The predicted octanol–water partition coefficient (Wildman–Crippen LogP) is -2.69. The van der Waals surface area contributed by atoms with Crippen molar-refractivity contribution in [3.05, 3.63) is 27.0 Å². The molecule has 0 amide bonds. The van der Waals surface area contributed by atoms with Crippen molar-refractivity contribution < 1.29 is 20.1 Å². The molecular formula is C13H17N5O6. The monoisotopic (exact) mass is 339 g/mol. The van der Waals surface area contributed by atoms with Crippen molar-refractivity contribution in [3.63, 3.8) is 0 Å². The van der Waals surface area contributed by atoms with E-state index >= 15 is 0 Å². The van der Waals surface area contributed by atoms with Crippen LogP contribution in [0.5, 0.6) is 0 Å². The van der Waals surface area contributed by atoms with Gasteiger partial charge in [0, 0.05) is 5.41 Å². The van der Waals surface area contributed by atoms with E-state index in [1.807, 2.05) is 0 Å². The summed E-state index contributed by atoms with van der Waals surface area (Å²) < 4.78 is 6.77. The highest BCUT2D eigenvalue weighted by molar-refractivity contribution is 5.72. The predicted molar refractivity (Wildman–Crippen MR) is 81.0 cm³/mol. The first-order valence-electron chi connectivity index (χ1n) is 7.15. The van der Waals surface area contributed by atoms with Crippen LogP contribution in [0, 0.1) is 5.41 Å². The Morgan fingerprint density at radius 3 is 2.75 bits per heavy atom. The van der Waals surface area contributed by atoms with E-state index in [-0.39, 0.29) is 17.0 Å². The van der Waals surface area contributed by atoms with Crippen LogP contribution in [0.15, 0.2) is 15.9 Å². The Morgan fingerprint density at radius 1 is 1.46 bits per heavy atom. The molecule has 11 nitrogen and oxygen atoms in total. The van der Waals surface area contributed by atoms with Crippen LogP contribution < -0.4 is 16.9 Å². The molecule has 3 rings (SSSR count). The van der Waals surface area contributed by atoms with Gasteiger partial charge in [0.05, 0.1) is 25.6 Å². The second-order valence-corrected chi connectivity index (χ2v) is 5.91. The van der Waals surface area contributed by atoms with Crippen LogP contribution in [0.3, 0.4) is 0 Å². The molecule has 0 bridgehead atoms. The first-order valence-corrected chi connectivity index (χ1v) is 7.15. The Labute approximate surface area is 134 Å². The van der Waals surface area contributed by atoms with Gasteiger partial charge in [-0.1, -0.05) is 6.92 Å². The average molecular weight is 339 g/mol. The number of hydrogen-bond donors (Lipinski definition) is 5. The maximum absolute atomic E-state index is 12.3. The summed E-state index contributed by atoms with van der Waals surface area (Å²) in [5, 5.41) is 29.6. The normalized spacial score (nSPS) is 30.1. The molecule has 0 radical (unpaired) electrons. The quantitative estimate of drug-likeness (QED) is 0.398. The molecule has 1 fully saturated rings. The number of rotatable bonds is 3. The van der Waals surface area contributed by atoms with Crippen molar-refractivity contribution >= 4 is 17.0 Å². The number of nitrogens with one attached hydrogen (secondary N) is 1. The van der Waals surface area contributed by atoms with Gasteiger partial charge in [0.1, 0.15) is 11.6 Å². The molecule has 2 aromatic rings. The standard InChI is InChI=1S/C13H17N5O6/c1-13(3-20)5(2-19)24-11(8(13)21)18-4-15-6-7(18)10(23)17-12(14)16-9(6)22/h4-5,8,11,19-21H,2-3H2,1H3,(H3,14,16,17,22,23)/t5-,8+,11-,13+/m1/s1. The number of aromatic amines is 1. The maximum atomic E-state index is 12.3. The minimum atomic E-state index is -1.26. The van der Waals surface area contributed by atoms with Crippen LogP contribution in [-0.4, -0.2) is 60.3 Å². The van der Waals surface area contributed by atoms with Crippen molar-refractivity contribution in [1.29, 1.82) is 0 Å². The fourth-order valence-corrected chi connectivity index (χ4v) is 2.88. The summed E-state index contributed by atoms with van der Waals surface area (Å²) in [6, 6.07) is 0. The summed E-state index contributed by atoms with van der Waals surface area (Å²) in [6.07, 6.45) is -2.10. The Hall–Kier alpha value is -2.34. The van der Waals surface area contributed by atoms with Crippen LogP contribution in [0.1, 0.15) is 13.2 Å². The average Bonchev–Trinajstić information content (AvgIpc) is 3.05. The highest BCUT2D eigenvalue weighted by Gasteiger charge is 2.53. The van der Waals surface area contributed by atoms with E-state index in [0.717, 1.165) is 6.33 Å². The van der Waals surface area contributed by atoms with Gasteiger partial charge in [-0.2, -0.15) is 4.98 Å². The molecule has 0 spiro atoms. The number of aliphatic hydroxyl groups is 3. The molecule has 24 heavy (non-hydrogen) atoms. The second-order valence-electron chi connectivity index (χ2n) is 5.91. The van der Waals surface area contributed by atoms with Gasteiger partial charge in [-0.05, 0) is 0 Å². The van der Waals surface area contributed by atoms with Crippen molar-refractivity contribution in [1.82, 2.24) is 19.5 Å². The molecular weight excluding hydrogens is 322 g/mol. The van der Waals surface area contributed by atoms with Crippen molar-refractivity contribution in [2.75, 3.05) is 18.9 Å². The van der Waals surface area contributed by atoms with Crippen molar-refractivity contribution in [2.24, 2.45) is 5.41 Å². The third kappa shape index (κ3) is 2.21. The third-order valence-corrected chi connectivity index (χ3v) is 4.44. The van der Waals surface area contributed by atoms with E-state index < -0.39 is 48.2 Å². The van der Waals surface area contributed by atoms with E-state index in [9.17, 15) is 24.9 Å². The Morgan fingerprint density at radius 2 is 2.17 bits per heavy atom. The Kier molecular flexibility index (Phi) is 3.87. The summed E-state index contributed by atoms with van der Waals surface area (Å²) in [5.41, 5.74) is 2.30. The van der Waals surface area contributed by atoms with E-state index in [1.54, 1.807) is 6.92 Å². The SMILES string of the molecule is C[C@]1(CO)[C@@H](CO)O[C@@H](n2cnc3c(=O)nc(N)[nH]c(=O)c32)[C@@H]1O. The van der Waals surface area contributed by atoms with Gasteiger partial charge in [-0.3, -0.25) is 19.1 Å². The molecule has 11 heteroatoms. The second kappa shape index (κ2) is 5.63. The molecule has 0 saturated carbocycles. The largest absolute Gasteiger partial charge is 0.396 e.